The quantitative estimate of drug-likeness (QED) is 0.294. The Labute approximate surface area is 224 Å². The molecule has 0 radical (unpaired) electrons. The van der Waals surface area contributed by atoms with Crippen molar-refractivity contribution in [3.05, 3.63) is 103 Å². The zero-order valence-corrected chi connectivity index (χ0v) is 22.1. The molecular weight excluding hydrogens is 476 g/mol. The molecule has 4 rings (SSSR count). The molecule has 0 aliphatic heterocycles. The molecule has 0 saturated heterocycles. The van der Waals surface area contributed by atoms with Crippen LogP contribution in [0.25, 0.3) is 11.1 Å². The van der Waals surface area contributed by atoms with Crippen LogP contribution in [0.5, 0.6) is 5.75 Å². The molecule has 0 saturated carbocycles. The molecule has 0 spiro atoms. The molecule has 0 fully saturated rings. The van der Waals surface area contributed by atoms with Gasteiger partial charge in [0.15, 0.2) is 0 Å². The fraction of sp³-hybridized carbons (Fsp3) is 0.233. The number of aromatic nitrogens is 2. The summed E-state index contributed by atoms with van der Waals surface area (Å²) in [4.78, 5) is 25.1. The van der Waals surface area contributed by atoms with Crippen molar-refractivity contribution < 1.29 is 9.53 Å². The maximum Gasteiger partial charge on any atom is 0.319 e. The normalized spacial score (nSPS) is 10.7. The Hall–Kier alpha value is -4.43. The first-order valence-corrected chi connectivity index (χ1v) is 12.5. The number of urea groups is 1. The third-order valence-corrected chi connectivity index (χ3v) is 6.03. The number of rotatable bonds is 11. The Bertz CT molecular complexity index is 1310. The highest BCUT2D eigenvalue weighted by molar-refractivity contribution is 5.89. The molecule has 0 aliphatic rings. The van der Waals surface area contributed by atoms with Crippen molar-refractivity contribution in [2.75, 3.05) is 44.4 Å². The van der Waals surface area contributed by atoms with E-state index in [9.17, 15) is 4.79 Å². The summed E-state index contributed by atoms with van der Waals surface area (Å²) in [5.74, 6) is 1.66. The molecular formula is C30H34N6O2. The Balaban J connectivity index is 1.35. The Morgan fingerprint density at radius 2 is 1.74 bits per heavy atom. The van der Waals surface area contributed by atoms with Crippen LogP contribution in [0.3, 0.4) is 0 Å². The predicted molar refractivity (Wildman–Crippen MR) is 152 cm³/mol. The summed E-state index contributed by atoms with van der Waals surface area (Å²) in [5, 5.41) is 5.66. The summed E-state index contributed by atoms with van der Waals surface area (Å²) >= 11 is 0. The lowest BCUT2D eigenvalue weighted by Crippen LogP contribution is -2.28. The van der Waals surface area contributed by atoms with E-state index >= 15 is 0 Å². The van der Waals surface area contributed by atoms with Gasteiger partial charge in [-0.15, -0.1) is 0 Å². The number of carbonyl (C=O) groups excluding carboxylic acids is 1. The van der Waals surface area contributed by atoms with E-state index in [1.807, 2.05) is 60.8 Å². The van der Waals surface area contributed by atoms with E-state index in [-0.39, 0.29) is 6.03 Å². The molecule has 4 aromatic rings. The summed E-state index contributed by atoms with van der Waals surface area (Å²) in [6, 6.07) is 23.2. The molecule has 2 N–H and O–H groups in total. The fourth-order valence-corrected chi connectivity index (χ4v) is 3.84. The van der Waals surface area contributed by atoms with Gasteiger partial charge in [-0.05, 0) is 78.8 Å². The topological polar surface area (TPSA) is 82.6 Å². The van der Waals surface area contributed by atoms with Gasteiger partial charge in [-0.1, -0.05) is 30.3 Å². The molecule has 196 valence electrons. The van der Waals surface area contributed by atoms with Crippen LogP contribution in [0.4, 0.5) is 16.3 Å². The Morgan fingerprint density at radius 1 is 0.921 bits per heavy atom. The maximum atomic E-state index is 12.2. The molecule has 8 heteroatoms. The number of hydrogen-bond acceptors (Lipinski definition) is 6. The van der Waals surface area contributed by atoms with E-state index in [1.165, 1.54) is 0 Å². The number of benzene rings is 2. The van der Waals surface area contributed by atoms with Crippen LogP contribution in [0.15, 0.2) is 91.4 Å². The average molecular weight is 511 g/mol. The van der Waals surface area contributed by atoms with Crippen LogP contribution < -0.4 is 20.3 Å². The minimum absolute atomic E-state index is 0.277. The summed E-state index contributed by atoms with van der Waals surface area (Å²) in [5.41, 5.74) is 4.91. The standard InChI is InChI=1S/C30H34N6O2/c1-35(2)17-18-36(3)29-19-24(14-16-32-29)28-9-5-4-8-25(28)22-38-27-12-10-26(11-13-27)34-30(37)33-21-23-7-6-15-31-20-23/h4-16,19-20H,17-18,21-22H2,1-3H3,(H2,33,34,37). The van der Waals surface area contributed by atoms with Gasteiger partial charge in [0.2, 0.25) is 0 Å². The van der Waals surface area contributed by atoms with Crippen molar-refractivity contribution in [1.29, 1.82) is 0 Å². The highest BCUT2D eigenvalue weighted by atomic mass is 16.5. The molecule has 2 heterocycles. The first-order valence-electron chi connectivity index (χ1n) is 12.5. The van der Waals surface area contributed by atoms with Crippen LogP contribution in [0.1, 0.15) is 11.1 Å². The highest BCUT2D eigenvalue weighted by Gasteiger charge is 2.10. The van der Waals surface area contributed by atoms with Gasteiger partial charge in [-0.2, -0.15) is 0 Å². The van der Waals surface area contributed by atoms with Crippen LogP contribution in [-0.2, 0) is 13.2 Å². The third-order valence-electron chi connectivity index (χ3n) is 6.03. The first-order chi connectivity index (χ1) is 18.5. The minimum Gasteiger partial charge on any atom is -0.489 e. The molecule has 0 bridgehead atoms. The van der Waals surface area contributed by atoms with E-state index in [1.54, 1.807) is 12.4 Å². The van der Waals surface area contributed by atoms with Gasteiger partial charge in [0, 0.05) is 51.0 Å². The Kier molecular flexibility index (Phi) is 9.26. The lowest BCUT2D eigenvalue weighted by atomic mass is 10.0. The molecule has 2 aromatic carbocycles. The third kappa shape index (κ3) is 7.78. The van der Waals surface area contributed by atoms with Gasteiger partial charge >= 0.3 is 6.03 Å². The van der Waals surface area contributed by atoms with Gasteiger partial charge in [0.1, 0.15) is 18.2 Å². The smallest absolute Gasteiger partial charge is 0.319 e. The van der Waals surface area contributed by atoms with Crippen molar-refractivity contribution in [2.45, 2.75) is 13.2 Å². The maximum absolute atomic E-state index is 12.2. The summed E-state index contributed by atoms with van der Waals surface area (Å²) in [7, 11) is 6.20. The zero-order valence-electron chi connectivity index (χ0n) is 22.1. The monoisotopic (exact) mass is 510 g/mol. The van der Waals surface area contributed by atoms with Crippen LogP contribution in [-0.4, -0.2) is 55.1 Å². The molecule has 38 heavy (non-hydrogen) atoms. The van der Waals surface area contributed by atoms with E-state index in [4.69, 9.17) is 4.74 Å². The highest BCUT2D eigenvalue weighted by Crippen LogP contribution is 2.27. The molecule has 0 atom stereocenters. The van der Waals surface area contributed by atoms with E-state index in [2.05, 4.69) is 69.7 Å². The molecule has 2 aromatic heterocycles. The number of nitrogens with one attached hydrogen (secondary N) is 2. The second-order valence-electron chi connectivity index (χ2n) is 9.27. The minimum atomic E-state index is -0.277. The first kappa shape index (κ1) is 26.6. The van der Waals surface area contributed by atoms with Gasteiger partial charge < -0.3 is 25.2 Å². The van der Waals surface area contributed by atoms with Crippen molar-refractivity contribution in [1.82, 2.24) is 20.2 Å². The average Bonchev–Trinajstić information content (AvgIpc) is 2.95. The molecule has 8 nitrogen and oxygen atoms in total. The van der Waals surface area contributed by atoms with Gasteiger partial charge in [0.05, 0.1) is 0 Å². The van der Waals surface area contributed by atoms with Crippen LogP contribution >= 0.6 is 0 Å². The van der Waals surface area contributed by atoms with E-state index < -0.39 is 0 Å². The van der Waals surface area contributed by atoms with Gasteiger partial charge in [-0.25, -0.2) is 9.78 Å². The molecule has 0 aliphatic carbocycles. The summed E-state index contributed by atoms with van der Waals surface area (Å²) < 4.78 is 6.10. The van der Waals surface area contributed by atoms with Crippen molar-refractivity contribution in [3.8, 4) is 16.9 Å². The predicted octanol–water partition coefficient (Wildman–Crippen LogP) is 5.04. The van der Waals surface area contributed by atoms with Gasteiger partial charge in [-0.3, -0.25) is 4.98 Å². The second-order valence-corrected chi connectivity index (χ2v) is 9.27. The number of pyridine rings is 2. The molecule has 0 unspecified atom stereocenters. The number of anilines is 2. The SMILES string of the molecule is CN(C)CCN(C)c1cc(-c2ccccc2COc2ccc(NC(=O)NCc3cccnc3)cc2)ccn1. The number of ether oxygens (including phenoxy) is 1. The largest absolute Gasteiger partial charge is 0.489 e. The van der Waals surface area contributed by atoms with Crippen LogP contribution in [0.2, 0.25) is 0 Å². The summed E-state index contributed by atoms with van der Waals surface area (Å²) in [6.45, 7) is 2.68. The van der Waals surface area contributed by atoms with Crippen molar-refractivity contribution in [3.63, 3.8) is 0 Å². The van der Waals surface area contributed by atoms with E-state index in [0.29, 0.717) is 18.8 Å². The van der Waals surface area contributed by atoms with Crippen molar-refractivity contribution >= 4 is 17.5 Å². The lowest BCUT2D eigenvalue weighted by Gasteiger charge is -2.21. The number of carbonyl (C=O) groups is 1. The fourth-order valence-electron chi connectivity index (χ4n) is 3.84. The lowest BCUT2D eigenvalue weighted by molar-refractivity contribution is 0.251. The number of nitrogens with zero attached hydrogens (tertiary/aromatic N) is 4. The zero-order chi connectivity index (χ0) is 26.7. The summed E-state index contributed by atoms with van der Waals surface area (Å²) in [6.07, 6.45) is 5.28. The number of likely N-dealkylation sites (N-methyl/N-ethyl adjacent to an activating group) is 2. The van der Waals surface area contributed by atoms with Crippen LogP contribution in [0, 0.1) is 0 Å². The van der Waals surface area contributed by atoms with E-state index in [0.717, 1.165) is 46.9 Å². The number of amides is 2. The second kappa shape index (κ2) is 13.2. The Morgan fingerprint density at radius 3 is 2.50 bits per heavy atom. The molecule has 2 amide bonds. The van der Waals surface area contributed by atoms with Crippen molar-refractivity contribution in [2.24, 2.45) is 0 Å². The number of hydrogen-bond donors (Lipinski definition) is 2. The van der Waals surface area contributed by atoms with Gasteiger partial charge in [0.25, 0.3) is 0 Å².